The number of allylic oxidation sites excluding steroid dienone is 1. The minimum Gasteiger partial charge on any atom is -0.392 e. The van der Waals surface area contributed by atoms with Crippen LogP contribution < -0.4 is 0 Å². The number of aliphatic hydroxyl groups excluding tert-OH is 1. The van der Waals surface area contributed by atoms with Crippen LogP contribution in [0.3, 0.4) is 0 Å². The zero-order valence-corrected chi connectivity index (χ0v) is 9.95. The molecule has 1 saturated carbocycles. The first-order valence-electron chi connectivity index (χ1n) is 5.44. The third kappa shape index (κ3) is 1.88. The molecule has 0 unspecified atom stereocenters. The van der Waals surface area contributed by atoms with E-state index in [1.807, 2.05) is 20.8 Å². The lowest BCUT2D eigenvalue weighted by molar-refractivity contribution is -0.137. The Hall–Kier alpha value is -0.600. The highest BCUT2D eigenvalue weighted by Gasteiger charge is 2.51. The lowest BCUT2D eigenvalue weighted by Gasteiger charge is -2.50. The maximum atomic E-state index is 10.5. The van der Waals surface area contributed by atoms with Crippen molar-refractivity contribution in [2.45, 2.75) is 45.3 Å². The van der Waals surface area contributed by atoms with Gasteiger partial charge in [0.1, 0.15) is 0 Å². The van der Waals surface area contributed by atoms with Crippen LogP contribution in [-0.4, -0.2) is 21.9 Å². The predicted molar refractivity (Wildman–Crippen MR) is 62.5 cm³/mol. The Morgan fingerprint density at radius 1 is 1.47 bits per heavy atom. The van der Waals surface area contributed by atoms with Crippen LogP contribution in [0, 0.1) is 11.3 Å². The van der Waals surface area contributed by atoms with Crippen molar-refractivity contribution in [3.8, 4) is 0 Å². The minimum absolute atomic E-state index is 0.177. The van der Waals surface area contributed by atoms with Crippen molar-refractivity contribution in [3.05, 3.63) is 24.8 Å². The molecule has 2 N–H and O–H groups in total. The van der Waals surface area contributed by atoms with Gasteiger partial charge in [0, 0.05) is 5.41 Å². The van der Waals surface area contributed by atoms with Crippen molar-refractivity contribution in [1.29, 1.82) is 0 Å². The molecule has 0 aliphatic heterocycles. The van der Waals surface area contributed by atoms with Crippen LogP contribution in [0.1, 0.15) is 33.6 Å². The third-order valence-corrected chi connectivity index (χ3v) is 4.05. The number of hydrogen-bond donors (Lipinski definition) is 2. The Kier molecular flexibility index (Phi) is 3.13. The van der Waals surface area contributed by atoms with E-state index in [1.165, 1.54) is 0 Å². The van der Waals surface area contributed by atoms with E-state index in [2.05, 4.69) is 13.2 Å². The van der Waals surface area contributed by atoms with Crippen LogP contribution in [0.2, 0.25) is 0 Å². The molecular weight excluding hydrogens is 188 g/mol. The van der Waals surface area contributed by atoms with Crippen molar-refractivity contribution in [3.63, 3.8) is 0 Å². The highest BCUT2D eigenvalue weighted by atomic mass is 16.3. The summed E-state index contributed by atoms with van der Waals surface area (Å²) in [5, 5.41) is 20.6. The highest BCUT2D eigenvalue weighted by molar-refractivity contribution is 5.16. The van der Waals surface area contributed by atoms with Gasteiger partial charge < -0.3 is 10.2 Å². The van der Waals surface area contributed by atoms with Gasteiger partial charge in [0.15, 0.2) is 0 Å². The Morgan fingerprint density at radius 2 is 2.00 bits per heavy atom. The molecule has 86 valence electrons. The normalized spacial score (nSPS) is 39.8. The lowest BCUT2D eigenvalue weighted by Crippen LogP contribution is -2.55. The molecule has 15 heavy (non-hydrogen) atoms. The van der Waals surface area contributed by atoms with E-state index >= 15 is 0 Å². The quantitative estimate of drug-likeness (QED) is 0.686. The first-order valence-corrected chi connectivity index (χ1v) is 5.44. The fraction of sp³-hybridized carbons (Fsp3) is 0.692. The maximum absolute atomic E-state index is 10.5. The van der Waals surface area contributed by atoms with E-state index in [0.29, 0.717) is 12.8 Å². The van der Waals surface area contributed by atoms with Crippen LogP contribution >= 0.6 is 0 Å². The number of rotatable bonds is 2. The Bertz CT molecular complexity index is 280. The summed E-state index contributed by atoms with van der Waals surface area (Å²) < 4.78 is 0. The largest absolute Gasteiger partial charge is 0.392 e. The Labute approximate surface area is 92.3 Å². The van der Waals surface area contributed by atoms with Gasteiger partial charge in [-0.1, -0.05) is 32.1 Å². The molecule has 0 heterocycles. The second kappa shape index (κ2) is 3.76. The molecule has 1 fully saturated rings. The summed E-state index contributed by atoms with van der Waals surface area (Å²) in [7, 11) is 0. The molecule has 0 aromatic carbocycles. The van der Waals surface area contributed by atoms with E-state index in [9.17, 15) is 10.2 Å². The molecule has 2 heteroatoms. The van der Waals surface area contributed by atoms with Crippen LogP contribution in [0.4, 0.5) is 0 Å². The SMILES string of the molecule is C=C[C@]1(O)C[C@H](C(=C)C)C[C@@H](O)C1(C)C. The van der Waals surface area contributed by atoms with Crippen LogP contribution in [0.25, 0.3) is 0 Å². The summed E-state index contributed by atoms with van der Waals surface area (Å²) in [6, 6.07) is 0. The van der Waals surface area contributed by atoms with Gasteiger partial charge in [-0.3, -0.25) is 0 Å². The van der Waals surface area contributed by atoms with Crippen molar-refractivity contribution in [1.82, 2.24) is 0 Å². The average Bonchev–Trinajstić information content (AvgIpc) is 2.14. The number of aliphatic hydroxyl groups is 2. The molecule has 0 bridgehead atoms. The molecule has 2 nitrogen and oxygen atoms in total. The molecule has 1 rings (SSSR count). The van der Waals surface area contributed by atoms with E-state index in [4.69, 9.17) is 0 Å². The Balaban J connectivity index is 3.02. The molecule has 0 aromatic heterocycles. The maximum Gasteiger partial charge on any atom is 0.0906 e. The highest BCUT2D eigenvalue weighted by Crippen LogP contribution is 2.48. The zero-order valence-electron chi connectivity index (χ0n) is 9.95. The van der Waals surface area contributed by atoms with Crippen LogP contribution in [-0.2, 0) is 0 Å². The number of hydrogen-bond acceptors (Lipinski definition) is 2. The fourth-order valence-electron chi connectivity index (χ4n) is 2.30. The first-order chi connectivity index (χ1) is 6.74. The second-order valence-electron chi connectivity index (χ2n) is 5.35. The monoisotopic (exact) mass is 210 g/mol. The standard InChI is InChI=1S/C13H22O2/c1-6-13(15)8-10(9(2)3)7-11(14)12(13,4)5/h6,10-11,14-15H,1-2,7-8H2,3-5H3/t10-,11-,13+/m1/s1. The lowest BCUT2D eigenvalue weighted by atomic mass is 9.60. The van der Waals surface area contributed by atoms with Crippen molar-refractivity contribution in [2.24, 2.45) is 11.3 Å². The van der Waals surface area contributed by atoms with Gasteiger partial charge in [0.05, 0.1) is 11.7 Å². The summed E-state index contributed by atoms with van der Waals surface area (Å²) in [6.45, 7) is 13.3. The minimum atomic E-state index is -1.01. The third-order valence-electron chi connectivity index (χ3n) is 4.05. The van der Waals surface area contributed by atoms with Crippen molar-refractivity contribution >= 4 is 0 Å². The van der Waals surface area contributed by atoms with Crippen LogP contribution in [0.5, 0.6) is 0 Å². The average molecular weight is 210 g/mol. The van der Waals surface area contributed by atoms with Crippen molar-refractivity contribution < 1.29 is 10.2 Å². The second-order valence-corrected chi connectivity index (χ2v) is 5.35. The van der Waals surface area contributed by atoms with Crippen LogP contribution in [0.15, 0.2) is 24.8 Å². The molecule has 0 saturated heterocycles. The van der Waals surface area contributed by atoms with E-state index < -0.39 is 17.1 Å². The summed E-state index contributed by atoms with van der Waals surface area (Å²) in [5.74, 6) is 0.177. The summed E-state index contributed by atoms with van der Waals surface area (Å²) in [4.78, 5) is 0. The summed E-state index contributed by atoms with van der Waals surface area (Å²) in [6.07, 6.45) is 2.33. The molecule has 0 radical (unpaired) electrons. The zero-order chi connectivity index (χ0) is 11.9. The molecule has 1 aliphatic carbocycles. The fourth-order valence-corrected chi connectivity index (χ4v) is 2.30. The van der Waals surface area contributed by atoms with Crippen molar-refractivity contribution in [2.75, 3.05) is 0 Å². The molecule has 0 spiro atoms. The first kappa shape index (κ1) is 12.5. The molecule has 0 aromatic rings. The summed E-state index contributed by atoms with van der Waals surface area (Å²) in [5.41, 5.74) is -0.528. The van der Waals surface area contributed by atoms with Gasteiger partial charge in [-0.15, -0.1) is 6.58 Å². The molecule has 3 atom stereocenters. The van der Waals surface area contributed by atoms with Gasteiger partial charge in [-0.2, -0.15) is 0 Å². The van der Waals surface area contributed by atoms with Gasteiger partial charge in [-0.25, -0.2) is 0 Å². The van der Waals surface area contributed by atoms with E-state index in [0.717, 1.165) is 5.57 Å². The van der Waals surface area contributed by atoms with E-state index in [-0.39, 0.29) is 5.92 Å². The molecule has 0 amide bonds. The van der Waals surface area contributed by atoms with Gasteiger partial charge in [0.25, 0.3) is 0 Å². The Morgan fingerprint density at radius 3 is 2.40 bits per heavy atom. The van der Waals surface area contributed by atoms with Gasteiger partial charge >= 0.3 is 0 Å². The topological polar surface area (TPSA) is 40.5 Å². The summed E-state index contributed by atoms with van der Waals surface area (Å²) >= 11 is 0. The predicted octanol–water partition coefficient (Wildman–Crippen LogP) is 2.28. The van der Waals surface area contributed by atoms with E-state index in [1.54, 1.807) is 6.08 Å². The van der Waals surface area contributed by atoms with Gasteiger partial charge in [0.2, 0.25) is 0 Å². The van der Waals surface area contributed by atoms with Gasteiger partial charge in [-0.05, 0) is 25.7 Å². The molecular formula is C13H22O2. The smallest absolute Gasteiger partial charge is 0.0906 e. The molecule has 1 aliphatic rings.